The van der Waals surface area contributed by atoms with Crippen molar-refractivity contribution in [3.8, 4) is 12.1 Å². The molecule has 0 spiro atoms. The van der Waals surface area contributed by atoms with E-state index in [0.717, 1.165) is 5.56 Å². The van der Waals surface area contributed by atoms with E-state index < -0.39 is 0 Å². The zero-order chi connectivity index (χ0) is 9.68. The molecule has 3 nitrogen and oxygen atoms in total. The van der Waals surface area contributed by atoms with Crippen LogP contribution in [-0.2, 0) is 11.3 Å². The first-order valence-corrected chi connectivity index (χ1v) is 3.74. The molecule has 1 aromatic rings. The Hall–Kier alpha value is -1.84. The number of benzene rings is 1. The minimum absolute atomic E-state index is 0.397. The summed E-state index contributed by atoms with van der Waals surface area (Å²) in [5.74, 6) is 0. The highest BCUT2D eigenvalue weighted by molar-refractivity contribution is 5.44. The van der Waals surface area contributed by atoms with Gasteiger partial charge >= 0.3 is 0 Å². The lowest BCUT2D eigenvalue weighted by Gasteiger charge is -2.01. The van der Waals surface area contributed by atoms with Crippen molar-refractivity contribution in [2.24, 2.45) is 0 Å². The highest BCUT2D eigenvalue weighted by atomic mass is 16.5. The van der Waals surface area contributed by atoms with Gasteiger partial charge in [-0.3, -0.25) is 0 Å². The summed E-state index contributed by atoms with van der Waals surface area (Å²) in [6, 6.07) is 8.98. The summed E-state index contributed by atoms with van der Waals surface area (Å²) in [7, 11) is 1.57. The Morgan fingerprint density at radius 3 is 2.62 bits per heavy atom. The Bertz CT molecular complexity index is 385. The number of nitriles is 2. The quantitative estimate of drug-likeness (QED) is 0.680. The van der Waals surface area contributed by atoms with Crippen LogP contribution in [0.2, 0.25) is 0 Å². The van der Waals surface area contributed by atoms with Crippen molar-refractivity contribution in [3.63, 3.8) is 0 Å². The standard InChI is InChI=1S/C10H8N2O/c1-13-7-9-3-2-8(5-11)4-10(9)6-12/h2-4H,7H2,1H3. The van der Waals surface area contributed by atoms with Crippen molar-refractivity contribution in [3.05, 3.63) is 34.9 Å². The maximum atomic E-state index is 8.75. The van der Waals surface area contributed by atoms with Gasteiger partial charge in [0, 0.05) is 7.11 Å². The molecule has 0 saturated carbocycles. The highest BCUT2D eigenvalue weighted by Gasteiger charge is 2.02. The lowest BCUT2D eigenvalue weighted by atomic mass is 10.1. The molecule has 13 heavy (non-hydrogen) atoms. The van der Waals surface area contributed by atoms with E-state index in [9.17, 15) is 0 Å². The molecule has 0 heterocycles. The Morgan fingerprint density at radius 1 is 1.31 bits per heavy atom. The second-order valence-electron chi connectivity index (χ2n) is 2.53. The number of rotatable bonds is 2. The molecule has 0 N–H and O–H groups in total. The van der Waals surface area contributed by atoms with E-state index in [1.165, 1.54) is 0 Å². The predicted molar refractivity (Wildman–Crippen MR) is 46.6 cm³/mol. The molecule has 0 aromatic heterocycles. The van der Waals surface area contributed by atoms with Crippen molar-refractivity contribution in [2.45, 2.75) is 6.61 Å². The highest BCUT2D eigenvalue weighted by Crippen LogP contribution is 2.11. The van der Waals surface area contributed by atoms with E-state index in [1.54, 1.807) is 25.3 Å². The van der Waals surface area contributed by atoms with Crippen LogP contribution in [0.5, 0.6) is 0 Å². The van der Waals surface area contributed by atoms with Crippen LogP contribution < -0.4 is 0 Å². The summed E-state index contributed by atoms with van der Waals surface area (Å²) >= 11 is 0. The molecule has 0 atom stereocenters. The van der Waals surface area contributed by atoms with Gasteiger partial charge in [0.2, 0.25) is 0 Å². The Kier molecular flexibility index (Phi) is 3.03. The Labute approximate surface area is 76.8 Å². The van der Waals surface area contributed by atoms with E-state index in [2.05, 4.69) is 0 Å². The van der Waals surface area contributed by atoms with Crippen LogP contribution in [0.4, 0.5) is 0 Å². The van der Waals surface area contributed by atoms with E-state index in [1.807, 2.05) is 12.1 Å². The monoisotopic (exact) mass is 172 g/mol. The third-order valence-corrected chi connectivity index (χ3v) is 1.66. The average Bonchev–Trinajstić information content (AvgIpc) is 2.19. The number of methoxy groups -OCH3 is 1. The molecule has 0 aliphatic carbocycles. The summed E-state index contributed by atoms with van der Waals surface area (Å²) in [5, 5.41) is 17.3. The average molecular weight is 172 g/mol. The van der Waals surface area contributed by atoms with Crippen molar-refractivity contribution in [1.29, 1.82) is 10.5 Å². The molecule has 64 valence electrons. The molecule has 0 amide bonds. The fraction of sp³-hybridized carbons (Fsp3) is 0.200. The fourth-order valence-electron chi connectivity index (χ4n) is 1.03. The zero-order valence-electron chi connectivity index (χ0n) is 7.24. The number of ether oxygens (including phenoxy) is 1. The number of hydrogen-bond acceptors (Lipinski definition) is 3. The van der Waals surface area contributed by atoms with Crippen LogP contribution in [0.1, 0.15) is 16.7 Å². The van der Waals surface area contributed by atoms with Crippen LogP contribution in [0.15, 0.2) is 18.2 Å². The van der Waals surface area contributed by atoms with E-state index in [4.69, 9.17) is 15.3 Å². The van der Waals surface area contributed by atoms with Gasteiger partial charge in [-0.25, -0.2) is 0 Å². The molecule has 0 unspecified atom stereocenters. The molecule has 0 fully saturated rings. The van der Waals surface area contributed by atoms with Crippen molar-refractivity contribution >= 4 is 0 Å². The van der Waals surface area contributed by atoms with Crippen LogP contribution in [0, 0.1) is 22.7 Å². The predicted octanol–water partition coefficient (Wildman–Crippen LogP) is 1.58. The Morgan fingerprint density at radius 2 is 2.08 bits per heavy atom. The van der Waals surface area contributed by atoms with Crippen molar-refractivity contribution in [1.82, 2.24) is 0 Å². The normalized spacial score (nSPS) is 8.85. The van der Waals surface area contributed by atoms with E-state index >= 15 is 0 Å². The molecule has 0 bridgehead atoms. The van der Waals surface area contributed by atoms with Gasteiger partial charge in [0.1, 0.15) is 0 Å². The smallest absolute Gasteiger partial charge is 0.0995 e. The summed E-state index contributed by atoms with van der Waals surface area (Å²) in [5.41, 5.74) is 1.81. The van der Waals surface area contributed by atoms with Gasteiger partial charge in [-0.2, -0.15) is 10.5 Å². The summed E-state index contributed by atoms with van der Waals surface area (Å²) in [6.45, 7) is 0.397. The summed E-state index contributed by atoms with van der Waals surface area (Å²) in [4.78, 5) is 0. The fourth-order valence-corrected chi connectivity index (χ4v) is 1.03. The molecule has 1 rings (SSSR count). The SMILES string of the molecule is COCc1ccc(C#N)cc1C#N. The first-order chi connectivity index (χ1) is 6.31. The molecule has 1 aromatic carbocycles. The molecule has 0 saturated heterocycles. The first kappa shape index (κ1) is 9.25. The maximum Gasteiger partial charge on any atom is 0.0995 e. The van der Waals surface area contributed by atoms with Gasteiger partial charge in [0.25, 0.3) is 0 Å². The molecule has 0 aliphatic heterocycles. The molecular formula is C10H8N2O. The largest absolute Gasteiger partial charge is 0.380 e. The molecule has 0 aliphatic rings. The first-order valence-electron chi connectivity index (χ1n) is 3.74. The van der Waals surface area contributed by atoms with Gasteiger partial charge in [-0.05, 0) is 17.7 Å². The van der Waals surface area contributed by atoms with E-state index in [0.29, 0.717) is 17.7 Å². The topological polar surface area (TPSA) is 56.8 Å². The van der Waals surface area contributed by atoms with Gasteiger partial charge in [-0.1, -0.05) is 6.07 Å². The van der Waals surface area contributed by atoms with Gasteiger partial charge in [-0.15, -0.1) is 0 Å². The van der Waals surface area contributed by atoms with Crippen molar-refractivity contribution in [2.75, 3.05) is 7.11 Å². The van der Waals surface area contributed by atoms with Crippen LogP contribution in [-0.4, -0.2) is 7.11 Å². The van der Waals surface area contributed by atoms with Crippen LogP contribution in [0.3, 0.4) is 0 Å². The number of hydrogen-bond donors (Lipinski definition) is 0. The van der Waals surface area contributed by atoms with Crippen LogP contribution >= 0.6 is 0 Å². The second kappa shape index (κ2) is 4.25. The van der Waals surface area contributed by atoms with Crippen molar-refractivity contribution < 1.29 is 4.74 Å². The molecule has 0 radical (unpaired) electrons. The lowest BCUT2D eigenvalue weighted by molar-refractivity contribution is 0.184. The third kappa shape index (κ3) is 2.05. The minimum atomic E-state index is 0.397. The number of nitrogens with zero attached hydrogens (tertiary/aromatic N) is 2. The van der Waals surface area contributed by atoms with Gasteiger partial charge < -0.3 is 4.74 Å². The summed E-state index contributed by atoms with van der Waals surface area (Å²) in [6.07, 6.45) is 0. The van der Waals surface area contributed by atoms with Crippen LogP contribution in [0.25, 0.3) is 0 Å². The lowest BCUT2D eigenvalue weighted by Crippen LogP contribution is -1.92. The van der Waals surface area contributed by atoms with Gasteiger partial charge in [0.15, 0.2) is 0 Å². The zero-order valence-corrected chi connectivity index (χ0v) is 7.24. The third-order valence-electron chi connectivity index (χ3n) is 1.66. The van der Waals surface area contributed by atoms with Gasteiger partial charge in [0.05, 0.1) is 29.9 Å². The molecule has 3 heteroatoms. The summed E-state index contributed by atoms with van der Waals surface area (Å²) < 4.78 is 4.91. The maximum absolute atomic E-state index is 8.75. The van der Waals surface area contributed by atoms with E-state index in [-0.39, 0.29) is 0 Å². The molecular weight excluding hydrogens is 164 g/mol. The minimum Gasteiger partial charge on any atom is -0.380 e. The second-order valence-corrected chi connectivity index (χ2v) is 2.53. The Balaban J connectivity index is 3.12.